The molecule has 1 unspecified atom stereocenters. The van der Waals surface area contributed by atoms with Crippen LogP contribution in [0.2, 0.25) is 0 Å². The van der Waals surface area contributed by atoms with Crippen LogP contribution >= 0.6 is 11.3 Å². The van der Waals surface area contributed by atoms with E-state index in [1.807, 2.05) is 52.0 Å². The number of nitrogens with one attached hydrogen (secondary N) is 3. The van der Waals surface area contributed by atoms with Crippen LogP contribution in [0.1, 0.15) is 48.3 Å². The van der Waals surface area contributed by atoms with Crippen molar-refractivity contribution in [2.45, 2.75) is 54.1 Å². The Bertz CT molecular complexity index is 795. The van der Waals surface area contributed by atoms with E-state index in [2.05, 4.69) is 32.9 Å². The number of aromatic nitrogens is 1. The number of amides is 1. The molecule has 28 heavy (non-hydrogen) atoms. The van der Waals surface area contributed by atoms with E-state index < -0.39 is 0 Å². The van der Waals surface area contributed by atoms with Gasteiger partial charge in [0, 0.05) is 23.0 Å². The number of carbonyl (C=O) groups excluding carboxylic acids is 1. The summed E-state index contributed by atoms with van der Waals surface area (Å²) in [6.07, 6.45) is 0.825. The third-order valence-electron chi connectivity index (χ3n) is 4.50. The first-order chi connectivity index (χ1) is 13.4. The van der Waals surface area contributed by atoms with E-state index >= 15 is 0 Å². The van der Waals surface area contributed by atoms with E-state index in [0.717, 1.165) is 40.9 Å². The van der Waals surface area contributed by atoms with Crippen molar-refractivity contribution in [3.05, 3.63) is 45.4 Å². The first-order valence-corrected chi connectivity index (χ1v) is 10.6. The maximum atomic E-state index is 12.1. The Morgan fingerprint density at radius 3 is 2.68 bits per heavy atom. The highest BCUT2D eigenvalue weighted by Crippen LogP contribution is 2.16. The van der Waals surface area contributed by atoms with Crippen LogP contribution in [0.4, 0.5) is 5.69 Å². The molecule has 0 saturated heterocycles. The summed E-state index contributed by atoms with van der Waals surface area (Å²) in [5.74, 6) is 0.804. The smallest absolute Gasteiger partial charge is 0.227 e. The molecular weight excluding hydrogens is 370 g/mol. The molecule has 6 nitrogen and oxygen atoms in total. The van der Waals surface area contributed by atoms with Gasteiger partial charge in [-0.1, -0.05) is 26.0 Å². The van der Waals surface area contributed by atoms with Crippen molar-refractivity contribution in [1.82, 2.24) is 15.6 Å². The zero-order chi connectivity index (χ0) is 20.5. The Morgan fingerprint density at radius 1 is 1.25 bits per heavy atom. The number of anilines is 1. The second kappa shape index (κ2) is 10.8. The lowest BCUT2D eigenvalue weighted by Crippen LogP contribution is -2.36. The topological polar surface area (TPSA) is 78.4 Å². The summed E-state index contributed by atoms with van der Waals surface area (Å²) in [5.41, 5.74) is 2.93. The van der Waals surface area contributed by atoms with Crippen LogP contribution in [0, 0.1) is 19.8 Å². The number of nitrogens with zero attached hydrogens (tertiary/aromatic N) is 2. The summed E-state index contributed by atoms with van der Waals surface area (Å²) >= 11 is 1.70. The van der Waals surface area contributed by atoms with E-state index in [1.165, 1.54) is 4.88 Å². The highest BCUT2D eigenvalue weighted by atomic mass is 32.1. The number of aliphatic imine (C=N–C) groups is 1. The van der Waals surface area contributed by atoms with Gasteiger partial charge in [0.15, 0.2) is 5.96 Å². The number of rotatable bonds is 8. The minimum atomic E-state index is 0.00404. The van der Waals surface area contributed by atoms with Crippen molar-refractivity contribution < 1.29 is 4.79 Å². The molecular formula is C21H31N5OS. The van der Waals surface area contributed by atoms with E-state index in [9.17, 15) is 4.79 Å². The quantitative estimate of drug-likeness (QED) is 0.461. The minimum absolute atomic E-state index is 0.00404. The van der Waals surface area contributed by atoms with E-state index in [1.54, 1.807) is 11.3 Å². The summed E-state index contributed by atoms with van der Waals surface area (Å²) in [6, 6.07) is 7.84. The predicted molar refractivity (Wildman–Crippen MR) is 118 cm³/mol. The fraction of sp³-hybridized carbons (Fsp3) is 0.476. The van der Waals surface area contributed by atoms with Crippen molar-refractivity contribution in [2.75, 3.05) is 11.9 Å². The molecule has 0 spiro atoms. The van der Waals surface area contributed by atoms with Gasteiger partial charge in [-0.15, -0.1) is 11.3 Å². The maximum absolute atomic E-state index is 12.1. The molecule has 0 aliphatic heterocycles. The minimum Gasteiger partial charge on any atom is -0.357 e. The lowest BCUT2D eigenvalue weighted by atomic mass is 10.1. The lowest BCUT2D eigenvalue weighted by Gasteiger charge is -2.12. The van der Waals surface area contributed by atoms with Crippen molar-refractivity contribution in [3.63, 3.8) is 0 Å². The fourth-order valence-electron chi connectivity index (χ4n) is 2.48. The fourth-order valence-corrected chi connectivity index (χ4v) is 3.36. The first kappa shape index (κ1) is 21.9. The first-order valence-electron chi connectivity index (χ1n) is 9.77. The van der Waals surface area contributed by atoms with Crippen LogP contribution in [0.15, 0.2) is 29.3 Å². The third kappa shape index (κ3) is 6.64. The number of hydrogen-bond acceptors (Lipinski definition) is 4. The van der Waals surface area contributed by atoms with Crippen LogP contribution in [0.25, 0.3) is 0 Å². The monoisotopic (exact) mass is 401 g/mol. The van der Waals surface area contributed by atoms with E-state index in [-0.39, 0.29) is 11.8 Å². The Balaban J connectivity index is 1.99. The zero-order valence-corrected chi connectivity index (χ0v) is 18.2. The standard InChI is InChI=1S/C21H31N5OS/c1-6-14(3)20(27)26-18-10-8-9-17(11-18)12-23-21(22-7-2)24-13-19-25-15(4)16(5)28-19/h8-11,14H,6-7,12-13H2,1-5H3,(H,26,27)(H2,22,23,24). The molecule has 7 heteroatoms. The van der Waals surface area contributed by atoms with E-state index in [0.29, 0.717) is 13.1 Å². The molecule has 0 bridgehead atoms. The molecule has 0 radical (unpaired) electrons. The van der Waals surface area contributed by atoms with Gasteiger partial charge >= 0.3 is 0 Å². The number of hydrogen-bond donors (Lipinski definition) is 3. The highest BCUT2D eigenvalue weighted by molar-refractivity contribution is 7.11. The van der Waals surface area contributed by atoms with Gasteiger partial charge in [-0.05, 0) is 44.9 Å². The van der Waals surface area contributed by atoms with Crippen LogP contribution in [-0.4, -0.2) is 23.4 Å². The van der Waals surface area contributed by atoms with Gasteiger partial charge < -0.3 is 16.0 Å². The molecule has 1 heterocycles. The van der Waals surface area contributed by atoms with Crippen LogP contribution in [0.3, 0.4) is 0 Å². The van der Waals surface area contributed by atoms with Crippen LogP contribution in [-0.2, 0) is 17.9 Å². The molecule has 1 aromatic heterocycles. The van der Waals surface area contributed by atoms with Crippen molar-refractivity contribution >= 4 is 28.9 Å². The normalized spacial score (nSPS) is 12.5. The molecule has 2 aromatic rings. The van der Waals surface area contributed by atoms with Gasteiger partial charge in [0.05, 0.1) is 18.8 Å². The van der Waals surface area contributed by atoms with Crippen molar-refractivity contribution in [3.8, 4) is 0 Å². The Morgan fingerprint density at radius 2 is 2.04 bits per heavy atom. The van der Waals surface area contributed by atoms with Gasteiger partial charge in [0.25, 0.3) is 0 Å². The summed E-state index contributed by atoms with van der Waals surface area (Å²) in [6.45, 7) is 12.1. The Kier molecular flexibility index (Phi) is 8.44. The molecule has 1 aromatic carbocycles. The molecule has 3 N–H and O–H groups in total. The molecule has 0 aliphatic carbocycles. The molecule has 152 valence electrons. The number of aryl methyl sites for hydroxylation is 2. The SMILES string of the molecule is CCNC(=NCc1cccc(NC(=O)C(C)CC)c1)NCc1nc(C)c(C)s1. The largest absolute Gasteiger partial charge is 0.357 e. The van der Waals surface area contributed by atoms with Crippen LogP contribution in [0.5, 0.6) is 0 Å². The maximum Gasteiger partial charge on any atom is 0.227 e. The van der Waals surface area contributed by atoms with Gasteiger partial charge in [0.1, 0.15) is 5.01 Å². The summed E-state index contributed by atoms with van der Waals surface area (Å²) in [4.78, 5) is 22.5. The predicted octanol–water partition coefficient (Wildman–Crippen LogP) is 4.00. The number of thiazole rings is 1. The number of benzene rings is 1. The van der Waals surface area contributed by atoms with Gasteiger partial charge in [-0.3, -0.25) is 4.79 Å². The van der Waals surface area contributed by atoms with Crippen molar-refractivity contribution in [2.24, 2.45) is 10.9 Å². The Labute approximate surface area is 171 Å². The zero-order valence-electron chi connectivity index (χ0n) is 17.4. The molecule has 0 fully saturated rings. The third-order valence-corrected chi connectivity index (χ3v) is 5.57. The van der Waals surface area contributed by atoms with Crippen molar-refractivity contribution in [1.29, 1.82) is 0 Å². The van der Waals surface area contributed by atoms with Gasteiger partial charge in [0.2, 0.25) is 5.91 Å². The van der Waals surface area contributed by atoms with Gasteiger partial charge in [-0.25, -0.2) is 9.98 Å². The molecule has 1 amide bonds. The average molecular weight is 402 g/mol. The summed E-state index contributed by atoms with van der Waals surface area (Å²) in [5, 5.41) is 10.6. The molecule has 2 rings (SSSR count). The van der Waals surface area contributed by atoms with E-state index in [4.69, 9.17) is 0 Å². The average Bonchev–Trinajstić information content (AvgIpc) is 3.01. The molecule has 1 atom stereocenters. The Hall–Kier alpha value is -2.41. The summed E-state index contributed by atoms with van der Waals surface area (Å²) < 4.78 is 0. The van der Waals surface area contributed by atoms with Gasteiger partial charge in [-0.2, -0.15) is 0 Å². The second-order valence-corrected chi connectivity index (χ2v) is 8.08. The summed E-state index contributed by atoms with van der Waals surface area (Å²) in [7, 11) is 0. The molecule has 0 saturated carbocycles. The van der Waals surface area contributed by atoms with Crippen LogP contribution < -0.4 is 16.0 Å². The second-order valence-electron chi connectivity index (χ2n) is 6.80. The molecule has 0 aliphatic rings. The number of carbonyl (C=O) groups is 1. The number of guanidine groups is 1. The highest BCUT2D eigenvalue weighted by Gasteiger charge is 2.10. The lowest BCUT2D eigenvalue weighted by molar-refractivity contribution is -0.119.